The fourth-order valence-electron chi connectivity index (χ4n) is 2.51. The summed E-state index contributed by atoms with van der Waals surface area (Å²) in [7, 11) is 3.10. The number of H-pyrrole nitrogens is 1. The lowest BCUT2D eigenvalue weighted by Crippen LogP contribution is -2.14. The van der Waals surface area contributed by atoms with E-state index in [1.165, 1.54) is 12.1 Å². The quantitative estimate of drug-likeness (QED) is 0.513. The van der Waals surface area contributed by atoms with Crippen LogP contribution in [0.4, 0.5) is 5.69 Å². The molecule has 1 atom stereocenters. The van der Waals surface area contributed by atoms with Crippen molar-refractivity contribution in [3.8, 4) is 22.9 Å². The van der Waals surface area contributed by atoms with Crippen LogP contribution in [0.2, 0.25) is 0 Å². The van der Waals surface area contributed by atoms with E-state index in [1.807, 2.05) is 6.07 Å². The molecule has 0 aliphatic carbocycles. The van der Waals surface area contributed by atoms with Crippen LogP contribution in [0.5, 0.6) is 11.5 Å². The molecule has 0 saturated heterocycles. The molecule has 0 spiro atoms. The minimum Gasteiger partial charge on any atom is -0.493 e. The van der Waals surface area contributed by atoms with Crippen LogP contribution >= 0.6 is 0 Å². The van der Waals surface area contributed by atoms with Gasteiger partial charge < -0.3 is 15.2 Å². The fourth-order valence-corrected chi connectivity index (χ4v) is 2.51. The molecule has 134 valence electrons. The molecule has 0 saturated carbocycles. The second-order valence-electron chi connectivity index (χ2n) is 5.44. The van der Waals surface area contributed by atoms with Gasteiger partial charge in [-0.05, 0) is 17.7 Å². The average Bonchev–Trinajstić information content (AvgIpc) is 3.17. The molecule has 0 amide bonds. The van der Waals surface area contributed by atoms with Crippen LogP contribution in [-0.2, 0) is 0 Å². The lowest BCUT2D eigenvalue weighted by molar-refractivity contribution is -0.384. The van der Waals surface area contributed by atoms with Gasteiger partial charge in [0.1, 0.15) is 5.82 Å². The number of non-ortho nitro benzene ring substituents is 1. The molecule has 26 heavy (non-hydrogen) atoms. The van der Waals surface area contributed by atoms with E-state index >= 15 is 0 Å². The van der Waals surface area contributed by atoms with Gasteiger partial charge in [-0.15, -0.1) is 0 Å². The Balaban J connectivity index is 1.90. The van der Waals surface area contributed by atoms with Crippen molar-refractivity contribution in [3.05, 3.63) is 64.0 Å². The number of methoxy groups -OCH3 is 2. The van der Waals surface area contributed by atoms with Gasteiger partial charge in [-0.1, -0.05) is 18.2 Å². The van der Waals surface area contributed by atoms with Crippen molar-refractivity contribution in [2.45, 2.75) is 6.04 Å². The van der Waals surface area contributed by atoms with Crippen molar-refractivity contribution in [2.75, 3.05) is 14.2 Å². The van der Waals surface area contributed by atoms with Gasteiger partial charge in [0, 0.05) is 17.7 Å². The molecule has 3 aromatic rings. The highest BCUT2D eigenvalue weighted by molar-refractivity contribution is 5.59. The van der Waals surface area contributed by atoms with Gasteiger partial charge in [-0.2, -0.15) is 5.10 Å². The Hall–Kier alpha value is -3.46. The number of nitro benzene ring substituents is 1. The highest BCUT2D eigenvalue weighted by Gasteiger charge is 2.18. The molecule has 0 aliphatic rings. The van der Waals surface area contributed by atoms with Crippen LogP contribution in [0.3, 0.4) is 0 Å². The van der Waals surface area contributed by atoms with E-state index in [2.05, 4.69) is 15.2 Å². The van der Waals surface area contributed by atoms with Crippen molar-refractivity contribution in [2.24, 2.45) is 5.73 Å². The molecular weight excluding hydrogens is 338 g/mol. The van der Waals surface area contributed by atoms with E-state index in [0.29, 0.717) is 28.7 Å². The number of nitrogens with zero attached hydrogens (tertiary/aromatic N) is 3. The summed E-state index contributed by atoms with van der Waals surface area (Å²) >= 11 is 0. The smallest absolute Gasteiger partial charge is 0.270 e. The Morgan fingerprint density at radius 2 is 1.92 bits per heavy atom. The van der Waals surface area contributed by atoms with Gasteiger partial charge in [0.25, 0.3) is 5.69 Å². The van der Waals surface area contributed by atoms with Crippen molar-refractivity contribution in [3.63, 3.8) is 0 Å². The number of benzene rings is 2. The predicted molar refractivity (Wildman–Crippen MR) is 94.0 cm³/mol. The van der Waals surface area contributed by atoms with Gasteiger partial charge >= 0.3 is 0 Å². The average molecular weight is 355 g/mol. The molecule has 9 nitrogen and oxygen atoms in total. The summed E-state index contributed by atoms with van der Waals surface area (Å²) in [6.07, 6.45) is 0. The minimum atomic E-state index is -0.574. The summed E-state index contributed by atoms with van der Waals surface area (Å²) < 4.78 is 10.5. The van der Waals surface area contributed by atoms with Gasteiger partial charge in [0.2, 0.25) is 0 Å². The van der Waals surface area contributed by atoms with E-state index in [-0.39, 0.29) is 5.69 Å². The zero-order chi connectivity index (χ0) is 18.7. The standard InChI is InChI=1S/C17H17N5O4/c1-25-13-7-6-10(9-14(13)26-2)15(18)17-19-16(20-21-17)11-4-3-5-12(8-11)22(23)24/h3-9,15H,18H2,1-2H3,(H,19,20,21)/t15-/m0/s1. The van der Waals surface area contributed by atoms with E-state index in [0.717, 1.165) is 5.56 Å². The molecule has 0 aliphatic heterocycles. The molecule has 0 bridgehead atoms. The van der Waals surface area contributed by atoms with Gasteiger partial charge in [-0.3, -0.25) is 15.2 Å². The van der Waals surface area contributed by atoms with Crippen LogP contribution in [-0.4, -0.2) is 34.3 Å². The number of aromatic amines is 1. The monoisotopic (exact) mass is 355 g/mol. The van der Waals surface area contributed by atoms with Crippen LogP contribution in [0.15, 0.2) is 42.5 Å². The highest BCUT2D eigenvalue weighted by atomic mass is 16.6. The normalized spacial score (nSPS) is 11.8. The number of nitro groups is 1. The summed E-state index contributed by atoms with van der Waals surface area (Å²) in [5.74, 6) is 1.91. The maximum absolute atomic E-state index is 10.9. The van der Waals surface area contributed by atoms with E-state index in [9.17, 15) is 10.1 Å². The molecule has 3 rings (SSSR count). The molecule has 3 N–H and O–H groups in total. The summed E-state index contributed by atoms with van der Waals surface area (Å²) in [5, 5.41) is 17.8. The van der Waals surface area contributed by atoms with Gasteiger partial charge in [-0.25, -0.2) is 4.98 Å². The Labute approximate surface area is 148 Å². The number of nitrogens with one attached hydrogen (secondary N) is 1. The van der Waals surface area contributed by atoms with Gasteiger partial charge in [0.15, 0.2) is 17.3 Å². The molecule has 9 heteroatoms. The molecule has 0 fully saturated rings. The summed E-state index contributed by atoms with van der Waals surface area (Å²) in [4.78, 5) is 14.8. The summed E-state index contributed by atoms with van der Waals surface area (Å²) in [6.45, 7) is 0. The Kier molecular flexibility index (Phi) is 4.81. The minimum absolute atomic E-state index is 0.0296. The van der Waals surface area contributed by atoms with Crippen molar-refractivity contribution in [1.29, 1.82) is 0 Å². The zero-order valence-corrected chi connectivity index (χ0v) is 14.2. The Morgan fingerprint density at radius 1 is 1.15 bits per heavy atom. The predicted octanol–water partition coefficient (Wildman–Crippen LogP) is 2.45. The second kappa shape index (κ2) is 7.19. The fraction of sp³-hybridized carbons (Fsp3) is 0.176. The van der Waals surface area contributed by atoms with Crippen LogP contribution in [0.1, 0.15) is 17.4 Å². The van der Waals surface area contributed by atoms with Crippen molar-refractivity contribution in [1.82, 2.24) is 15.2 Å². The number of nitrogens with two attached hydrogens (primary N) is 1. The summed E-state index contributed by atoms with van der Waals surface area (Å²) in [5.41, 5.74) is 7.52. The first-order valence-electron chi connectivity index (χ1n) is 7.68. The number of hydrogen-bond donors (Lipinski definition) is 2. The lowest BCUT2D eigenvalue weighted by atomic mass is 10.1. The molecule has 0 radical (unpaired) electrons. The molecule has 1 heterocycles. The van der Waals surface area contributed by atoms with Crippen LogP contribution in [0, 0.1) is 10.1 Å². The molecule has 2 aromatic carbocycles. The second-order valence-corrected chi connectivity index (χ2v) is 5.44. The third-order valence-electron chi connectivity index (χ3n) is 3.88. The lowest BCUT2D eigenvalue weighted by Gasteiger charge is -2.13. The summed E-state index contributed by atoms with van der Waals surface area (Å²) in [6, 6.07) is 10.8. The number of aromatic nitrogens is 3. The number of ether oxygens (including phenoxy) is 2. The maximum Gasteiger partial charge on any atom is 0.270 e. The Morgan fingerprint density at radius 3 is 2.62 bits per heavy atom. The molecule has 0 unspecified atom stereocenters. The van der Waals surface area contributed by atoms with Crippen LogP contribution < -0.4 is 15.2 Å². The van der Waals surface area contributed by atoms with Crippen molar-refractivity contribution >= 4 is 5.69 Å². The first-order chi connectivity index (χ1) is 12.5. The largest absolute Gasteiger partial charge is 0.493 e. The van der Waals surface area contributed by atoms with Gasteiger partial charge in [0.05, 0.1) is 25.2 Å². The SMILES string of the molecule is COc1ccc([C@H](N)c2nc(-c3cccc([N+](=O)[O-])c3)n[nH]2)cc1OC. The third-order valence-corrected chi connectivity index (χ3v) is 3.88. The van der Waals surface area contributed by atoms with E-state index < -0.39 is 11.0 Å². The van der Waals surface area contributed by atoms with Crippen LogP contribution in [0.25, 0.3) is 11.4 Å². The van der Waals surface area contributed by atoms with E-state index in [1.54, 1.807) is 38.5 Å². The number of hydrogen-bond acceptors (Lipinski definition) is 7. The first-order valence-corrected chi connectivity index (χ1v) is 7.68. The third kappa shape index (κ3) is 3.33. The maximum atomic E-state index is 10.9. The van der Waals surface area contributed by atoms with E-state index in [4.69, 9.17) is 15.2 Å². The molecular formula is C17H17N5O4. The molecule has 1 aromatic heterocycles. The highest BCUT2D eigenvalue weighted by Crippen LogP contribution is 2.31. The Bertz CT molecular complexity index is 940. The first kappa shape index (κ1) is 17.4. The zero-order valence-electron chi connectivity index (χ0n) is 14.2. The van der Waals surface area contributed by atoms with Crippen molar-refractivity contribution < 1.29 is 14.4 Å². The number of rotatable bonds is 6. The topological polar surface area (TPSA) is 129 Å².